The number of halogens is 2. The van der Waals surface area contributed by atoms with Crippen LogP contribution in [0.25, 0.3) is 0 Å². The Hall–Kier alpha value is -3.28. The molecule has 0 atom stereocenters. The highest BCUT2D eigenvalue weighted by molar-refractivity contribution is 6.03. The van der Waals surface area contributed by atoms with Crippen molar-refractivity contribution in [1.29, 1.82) is 0 Å². The van der Waals surface area contributed by atoms with Gasteiger partial charge in [-0.2, -0.15) is 0 Å². The largest absolute Gasteiger partial charge is 0.385 e. The highest BCUT2D eigenvalue weighted by Crippen LogP contribution is 2.19. The molecule has 0 unspecified atom stereocenters. The second-order valence-electron chi connectivity index (χ2n) is 6.00. The lowest BCUT2D eigenvalue weighted by Crippen LogP contribution is -2.16. The maximum atomic E-state index is 13.7. The summed E-state index contributed by atoms with van der Waals surface area (Å²) >= 11 is 0. The zero-order valence-electron chi connectivity index (χ0n) is 14.6. The van der Waals surface area contributed by atoms with E-state index in [4.69, 9.17) is 0 Å². The maximum absolute atomic E-state index is 13.7. The first-order chi connectivity index (χ1) is 13.1. The molecule has 138 valence electrons. The number of aryl methyl sites for hydroxylation is 1. The van der Waals surface area contributed by atoms with Crippen LogP contribution >= 0.6 is 0 Å². The summed E-state index contributed by atoms with van der Waals surface area (Å²) in [5, 5.41) is 5.46. The van der Waals surface area contributed by atoms with Gasteiger partial charge in [-0.3, -0.25) is 9.78 Å². The van der Waals surface area contributed by atoms with E-state index in [1.807, 2.05) is 18.2 Å². The smallest absolute Gasteiger partial charge is 0.274 e. The van der Waals surface area contributed by atoms with Crippen molar-refractivity contribution in [2.75, 3.05) is 17.2 Å². The van der Waals surface area contributed by atoms with Crippen LogP contribution in [-0.2, 0) is 6.42 Å². The van der Waals surface area contributed by atoms with Crippen molar-refractivity contribution in [3.05, 3.63) is 89.8 Å². The number of nitrogens with zero attached hydrogens (tertiary/aromatic N) is 1. The van der Waals surface area contributed by atoms with Crippen molar-refractivity contribution in [2.24, 2.45) is 0 Å². The Morgan fingerprint density at radius 2 is 1.70 bits per heavy atom. The minimum absolute atomic E-state index is 0.0747. The van der Waals surface area contributed by atoms with E-state index in [9.17, 15) is 13.6 Å². The van der Waals surface area contributed by atoms with E-state index >= 15 is 0 Å². The van der Waals surface area contributed by atoms with Gasteiger partial charge in [-0.05, 0) is 42.7 Å². The Bertz CT molecular complexity index is 896. The van der Waals surface area contributed by atoms with E-state index in [1.165, 1.54) is 17.8 Å². The van der Waals surface area contributed by atoms with Crippen molar-refractivity contribution in [3.63, 3.8) is 0 Å². The van der Waals surface area contributed by atoms with Crippen LogP contribution in [0.1, 0.15) is 22.5 Å². The molecular weight excluding hydrogens is 348 g/mol. The van der Waals surface area contributed by atoms with Crippen molar-refractivity contribution in [3.8, 4) is 0 Å². The molecule has 1 heterocycles. The number of nitrogens with one attached hydrogen (secondary N) is 2. The number of amides is 1. The molecule has 0 fully saturated rings. The lowest BCUT2D eigenvalue weighted by Gasteiger charge is -2.09. The van der Waals surface area contributed by atoms with Crippen LogP contribution in [0.3, 0.4) is 0 Å². The number of carbonyl (C=O) groups excluding carboxylic acids is 1. The molecule has 0 saturated heterocycles. The number of aromatic nitrogens is 1. The third kappa shape index (κ3) is 5.10. The average Bonchev–Trinajstić information content (AvgIpc) is 2.69. The molecule has 0 aliphatic carbocycles. The highest BCUT2D eigenvalue weighted by Gasteiger charge is 2.14. The first kappa shape index (κ1) is 18.5. The predicted octanol–water partition coefficient (Wildman–Crippen LogP) is 4.66. The summed E-state index contributed by atoms with van der Waals surface area (Å²) in [6, 6.07) is 16.8. The van der Waals surface area contributed by atoms with Crippen LogP contribution < -0.4 is 10.6 Å². The number of para-hydroxylation sites is 1. The number of benzene rings is 2. The number of hydrogen-bond acceptors (Lipinski definition) is 3. The minimum Gasteiger partial charge on any atom is -0.385 e. The summed E-state index contributed by atoms with van der Waals surface area (Å²) in [5.41, 5.74) is 1.58. The topological polar surface area (TPSA) is 54.0 Å². The number of pyridine rings is 1. The van der Waals surface area contributed by atoms with Gasteiger partial charge in [0.1, 0.15) is 23.0 Å². The zero-order chi connectivity index (χ0) is 19.1. The van der Waals surface area contributed by atoms with Crippen LogP contribution in [0, 0.1) is 11.6 Å². The Kier molecular flexibility index (Phi) is 6.10. The molecular formula is C21H19F2N3O. The zero-order valence-corrected chi connectivity index (χ0v) is 14.6. The van der Waals surface area contributed by atoms with E-state index in [2.05, 4.69) is 27.8 Å². The van der Waals surface area contributed by atoms with Crippen LogP contribution in [0.4, 0.5) is 20.2 Å². The SMILES string of the molecule is O=C(Nc1c(F)cccc1F)c1cc(NCCCc2ccccc2)ccn1. The fourth-order valence-electron chi connectivity index (χ4n) is 2.63. The Morgan fingerprint density at radius 3 is 2.44 bits per heavy atom. The summed E-state index contributed by atoms with van der Waals surface area (Å²) in [6.07, 6.45) is 3.35. The molecule has 2 aromatic carbocycles. The Balaban J connectivity index is 1.57. The summed E-state index contributed by atoms with van der Waals surface area (Å²) in [4.78, 5) is 16.2. The van der Waals surface area contributed by atoms with Crippen LogP contribution in [0.15, 0.2) is 66.9 Å². The number of carbonyl (C=O) groups is 1. The van der Waals surface area contributed by atoms with Gasteiger partial charge in [0.15, 0.2) is 0 Å². The Morgan fingerprint density at radius 1 is 0.963 bits per heavy atom. The predicted molar refractivity (Wildman–Crippen MR) is 102 cm³/mol. The molecule has 2 N–H and O–H groups in total. The first-order valence-electron chi connectivity index (χ1n) is 8.63. The average molecular weight is 367 g/mol. The normalized spacial score (nSPS) is 10.4. The third-order valence-corrected chi connectivity index (χ3v) is 4.01. The number of rotatable bonds is 7. The molecule has 0 spiro atoms. The molecule has 0 aliphatic rings. The lowest BCUT2D eigenvalue weighted by molar-refractivity contribution is 0.102. The third-order valence-electron chi connectivity index (χ3n) is 4.01. The minimum atomic E-state index is -0.835. The molecule has 4 nitrogen and oxygen atoms in total. The molecule has 1 amide bonds. The van der Waals surface area contributed by atoms with Gasteiger partial charge in [0.05, 0.1) is 0 Å². The molecule has 0 saturated carbocycles. The van der Waals surface area contributed by atoms with E-state index in [1.54, 1.807) is 12.1 Å². The molecule has 27 heavy (non-hydrogen) atoms. The van der Waals surface area contributed by atoms with E-state index < -0.39 is 23.2 Å². The van der Waals surface area contributed by atoms with E-state index in [-0.39, 0.29) is 5.69 Å². The van der Waals surface area contributed by atoms with E-state index in [0.717, 1.165) is 37.2 Å². The molecule has 0 aliphatic heterocycles. The van der Waals surface area contributed by atoms with Crippen molar-refractivity contribution in [1.82, 2.24) is 4.98 Å². The van der Waals surface area contributed by atoms with Gasteiger partial charge in [-0.1, -0.05) is 36.4 Å². The molecule has 0 radical (unpaired) electrons. The highest BCUT2D eigenvalue weighted by atomic mass is 19.1. The molecule has 3 aromatic rings. The Labute approximate surface area is 156 Å². The van der Waals surface area contributed by atoms with Crippen molar-refractivity contribution in [2.45, 2.75) is 12.8 Å². The van der Waals surface area contributed by atoms with Gasteiger partial charge < -0.3 is 10.6 Å². The van der Waals surface area contributed by atoms with Crippen LogP contribution in [0.5, 0.6) is 0 Å². The summed E-state index contributed by atoms with van der Waals surface area (Å²) in [7, 11) is 0. The van der Waals surface area contributed by atoms with Crippen LogP contribution in [-0.4, -0.2) is 17.4 Å². The van der Waals surface area contributed by atoms with E-state index in [0.29, 0.717) is 0 Å². The number of anilines is 2. The van der Waals surface area contributed by atoms with Crippen LogP contribution in [0.2, 0.25) is 0 Å². The summed E-state index contributed by atoms with van der Waals surface area (Å²) in [5.74, 6) is -2.34. The molecule has 1 aromatic heterocycles. The van der Waals surface area contributed by atoms with Gasteiger partial charge in [0.25, 0.3) is 5.91 Å². The fourth-order valence-corrected chi connectivity index (χ4v) is 2.63. The van der Waals surface area contributed by atoms with Gasteiger partial charge >= 0.3 is 0 Å². The van der Waals surface area contributed by atoms with Gasteiger partial charge in [0.2, 0.25) is 0 Å². The summed E-state index contributed by atoms with van der Waals surface area (Å²) in [6.45, 7) is 0.724. The molecule has 0 bridgehead atoms. The van der Waals surface area contributed by atoms with Gasteiger partial charge in [-0.25, -0.2) is 8.78 Å². The quantitative estimate of drug-likeness (QED) is 0.598. The van der Waals surface area contributed by atoms with Gasteiger partial charge in [0, 0.05) is 18.4 Å². The van der Waals surface area contributed by atoms with Crippen molar-refractivity contribution < 1.29 is 13.6 Å². The number of hydrogen-bond donors (Lipinski definition) is 2. The molecule has 3 rings (SSSR count). The lowest BCUT2D eigenvalue weighted by atomic mass is 10.1. The van der Waals surface area contributed by atoms with Crippen molar-refractivity contribution >= 4 is 17.3 Å². The van der Waals surface area contributed by atoms with Gasteiger partial charge in [-0.15, -0.1) is 0 Å². The second-order valence-corrected chi connectivity index (χ2v) is 6.00. The fraction of sp³-hybridized carbons (Fsp3) is 0.143. The second kappa shape index (κ2) is 8.89. The summed E-state index contributed by atoms with van der Waals surface area (Å²) < 4.78 is 27.3. The first-order valence-corrected chi connectivity index (χ1v) is 8.63. The molecule has 6 heteroatoms. The standard InChI is InChI=1S/C21H19F2N3O/c22-17-9-4-10-18(23)20(17)26-21(27)19-14-16(11-13-25-19)24-12-5-8-15-6-2-1-3-7-15/h1-4,6-7,9-11,13-14H,5,8,12H2,(H,24,25)(H,26,27). The monoisotopic (exact) mass is 367 g/mol. The maximum Gasteiger partial charge on any atom is 0.274 e.